The molecule has 2 N–H and O–H groups in total. The average Bonchev–Trinajstić information content (AvgIpc) is 2.34. The molecule has 1 rings (SSSR count). The molecule has 12 heavy (non-hydrogen) atoms. The van der Waals surface area contributed by atoms with Gasteiger partial charge in [0.25, 0.3) is 5.88 Å². The van der Waals surface area contributed by atoms with Crippen molar-refractivity contribution < 1.29 is 9.26 Å². The standard InChI is InChI=1S/C8H14N2O2/c1-4-11-7-6(5(2)3)10-12-8(7)9/h5H,4,9H2,1-3H3. The van der Waals surface area contributed by atoms with Crippen molar-refractivity contribution in [2.75, 3.05) is 12.3 Å². The predicted molar refractivity (Wildman–Crippen MR) is 46.2 cm³/mol. The van der Waals surface area contributed by atoms with Crippen molar-refractivity contribution in [2.24, 2.45) is 0 Å². The first-order valence-electron chi connectivity index (χ1n) is 4.04. The summed E-state index contributed by atoms with van der Waals surface area (Å²) in [6.07, 6.45) is 0. The van der Waals surface area contributed by atoms with Crippen molar-refractivity contribution in [3.05, 3.63) is 5.69 Å². The van der Waals surface area contributed by atoms with Crippen LogP contribution in [-0.4, -0.2) is 11.8 Å². The van der Waals surface area contributed by atoms with Crippen molar-refractivity contribution in [1.29, 1.82) is 0 Å². The Kier molecular flexibility index (Phi) is 2.58. The molecule has 4 nitrogen and oxygen atoms in total. The largest absolute Gasteiger partial charge is 0.487 e. The molecule has 0 aromatic carbocycles. The van der Waals surface area contributed by atoms with Crippen LogP contribution in [0.3, 0.4) is 0 Å². The number of rotatable bonds is 3. The van der Waals surface area contributed by atoms with Gasteiger partial charge in [-0.05, 0) is 6.92 Å². The van der Waals surface area contributed by atoms with Crippen molar-refractivity contribution in [3.8, 4) is 5.75 Å². The molecule has 0 saturated carbocycles. The van der Waals surface area contributed by atoms with Gasteiger partial charge in [0, 0.05) is 5.92 Å². The van der Waals surface area contributed by atoms with Crippen LogP contribution in [0.1, 0.15) is 32.4 Å². The lowest BCUT2D eigenvalue weighted by atomic mass is 10.1. The first-order valence-corrected chi connectivity index (χ1v) is 4.04. The van der Waals surface area contributed by atoms with Crippen LogP contribution in [0.4, 0.5) is 5.88 Å². The Morgan fingerprint density at radius 2 is 2.25 bits per heavy atom. The summed E-state index contributed by atoms with van der Waals surface area (Å²) in [5.74, 6) is 1.13. The van der Waals surface area contributed by atoms with Gasteiger partial charge < -0.3 is 15.0 Å². The molecule has 0 amide bonds. The van der Waals surface area contributed by atoms with Crippen LogP contribution in [0.25, 0.3) is 0 Å². The molecule has 1 aromatic heterocycles. The van der Waals surface area contributed by atoms with E-state index in [1.165, 1.54) is 0 Å². The first-order chi connectivity index (χ1) is 5.66. The number of anilines is 1. The van der Waals surface area contributed by atoms with Crippen LogP contribution in [0, 0.1) is 0 Å². The van der Waals surface area contributed by atoms with Crippen molar-refractivity contribution in [1.82, 2.24) is 5.16 Å². The normalized spacial score (nSPS) is 10.7. The van der Waals surface area contributed by atoms with Crippen molar-refractivity contribution in [2.45, 2.75) is 26.7 Å². The van der Waals surface area contributed by atoms with E-state index in [1.807, 2.05) is 20.8 Å². The molecule has 0 aliphatic carbocycles. The number of nitrogen functional groups attached to an aromatic ring is 1. The topological polar surface area (TPSA) is 61.3 Å². The van der Waals surface area contributed by atoms with Crippen LogP contribution >= 0.6 is 0 Å². The van der Waals surface area contributed by atoms with Crippen LogP contribution < -0.4 is 10.5 Å². The fourth-order valence-electron chi connectivity index (χ4n) is 0.964. The molecule has 1 aromatic rings. The zero-order valence-electron chi connectivity index (χ0n) is 7.63. The molecule has 0 atom stereocenters. The van der Waals surface area contributed by atoms with E-state index < -0.39 is 0 Å². The number of nitrogens with zero attached hydrogens (tertiary/aromatic N) is 1. The Bertz CT molecular complexity index is 256. The highest BCUT2D eigenvalue weighted by Gasteiger charge is 2.17. The van der Waals surface area contributed by atoms with E-state index >= 15 is 0 Å². The number of nitrogens with two attached hydrogens (primary N) is 1. The van der Waals surface area contributed by atoms with Crippen LogP contribution in [0.5, 0.6) is 5.75 Å². The summed E-state index contributed by atoms with van der Waals surface area (Å²) in [5, 5.41) is 3.81. The lowest BCUT2D eigenvalue weighted by molar-refractivity contribution is 0.335. The Hall–Kier alpha value is -1.19. The Labute approximate surface area is 71.7 Å². The summed E-state index contributed by atoms with van der Waals surface area (Å²) in [7, 11) is 0. The average molecular weight is 170 g/mol. The van der Waals surface area contributed by atoms with Crippen LogP contribution in [-0.2, 0) is 0 Å². The van der Waals surface area contributed by atoms with E-state index in [0.29, 0.717) is 12.4 Å². The van der Waals surface area contributed by atoms with Gasteiger partial charge in [-0.1, -0.05) is 19.0 Å². The summed E-state index contributed by atoms with van der Waals surface area (Å²) in [6.45, 7) is 6.50. The van der Waals surface area contributed by atoms with Crippen molar-refractivity contribution in [3.63, 3.8) is 0 Å². The second-order valence-corrected chi connectivity index (χ2v) is 2.85. The monoisotopic (exact) mass is 170 g/mol. The minimum absolute atomic E-state index is 0.264. The highest BCUT2D eigenvalue weighted by Crippen LogP contribution is 2.31. The second kappa shape index (κ2) is 3.47. The predicted octanol–water partition coefficient (Wildman–Crippen LogP) is 1.78. The summed E-state index contributed by atoms with van der Waals surface area (Å²) in [5.41, 5.74) is 6.30. The van der Waals surface area contributed by atoms with E-state index in [0.717, 1.165) is 5.69 Å². The van der Waals surface area contributed by atoms with E-state index in [4.69, 9.17) is 15.0 Å². The Morgan fingerprint density at radius 3 is 2.75 bits per heavy atom. The number of hydrogen-bond acceptors (Lipinski definition) is 4. The van der Waals surface area contributed by atoms with Gasteiger partial charge in [-0.2, -0.15) is 0 Å². The molecule has 0 spiro atoms. The summed E-state index contributed by atoms with van der Waals surface area (Å²) < 4.78 is 10.1. The van der Waals surface area contributed by atoms with Gasteiger partial charge in [-0.3, -0.25) is 0 Å². The Morgan fingerprint density at radius 1 is 1.58 bits per heavy atom. The maximum atomic E-state index is 5.51. The molecule has 68 valence electrons. The first kappa shape index (κ1) is 8.90. The second-order valence-electron chi connectivity index (χ2n) is 2.85. The molecule has 0 radical (unpaired) electrons. The van der Waals surface area contributed by atoms with Crippen molar-refractivity contribution >= 4 is 5.88 Å². The number of hydrogen-bond donors (Lipinski definition) is 1. The zero-order valence-corrected chi connectivity index (χ0v) is 7.63. The summed E-state index contributed by atoms with van der Waals surface area (Å²) in [6, 6.07) is 0. The lowest BCUT2D eigenvalue weighted by Crippen LogP contribution is -1.98. The highest BCUT2D eigenvalue weighted by molar-refractivity contribution is 5.47. The molecule has 4 heteroatoms. The third-order valence-corrected chi connectivity index (χ3v) is 1.53. The Balaban J connectivity index is 2.95. The molecule has 0 saturated heterocycles. The fourth-order valence-corrected chi connectivity index (χ4v) is 0.964. The van der Waals surface area contributed by atoms with E-state index in [9.17, 15) is 0 Å². The molecular formula is C8H14N2O2. The third kappa shape index (κ3) is 1.52. The minimum Gasteiger partial charge on any atom is -0.487 e. The lowest BCUT2D eigenvalue weighted by Gasteiger charge is -2.04. The van der Waals surface area contributed by atoms with Gasteiger partial charge in [-0.25, -0.2) is 0 Å². The maximum absolute atomic E-state index is 5.51. The zero-order chi connectivity index (χ0) is 9.14. The summed E-state index contributed by atoms with van der Waals surface area (Å²) in [4.78, 5) is 0. The van der Waals surface area contributed by atoms with Gasteiger partial charge >= 0.3 is 0 Å². The number of aromatic nitrogens is 1. The molecule has 1 heterocycles. The maximum Gasteiger partial charge on any atom is 0.264 e. The van der Waals surface area contributed by atoms with Crippen LogP contribution in [0.2, 0.25) is 0 Å². The number of ether oxygens (including phenoxy) is 1. The minimum atomic E-state index is 0.264. The van der Waals surface area contributed by atoms with E-state index in [1.54, 1.807) is 0 Å². The fraction of sp³-hybridized carbons (Fsp3) is 0.625. The molecule has 0 bridgehead atoms. The van der Waals surface area contributed by atoms with Gasteiger partial charge in [0.1, 0.15) is 5.69 Å². The van der Waals surface area contributed by atoms with Crippen LogP contribution in [0.15, 0.2) is 4.52 Å². The SMILES string of the molecule is CCOc1c(C(C)C)noc1N. The van der Waals surface area contributed by atoms with Gasteiger partial charge in [-0.15, -0.1) is 0 Å². The molecule has 0 fully saturated rings. The molecule has 0 aliphatic heterocycles. The molecule has 0 aliphatic rings. The van der Waals surface area contributed by atoms with Gasteiger partial charge in [0.15, 0.2) is 0 Å². The van der Waals surface area contributed by atoms with Gasteiger partial charge in [0.05, 0.1) is 6.61 Å². The smallest absolute Gasteiger partial charge is 0.264 e. The quantitative estimate of drug-likeness (QED) is 0.751. The highest BCUT2D eigenvalue weighted by atomic mass is 16.5. The van der Waals surface area contributed by atoms with Gasteiger partial charge in [0.2, 0.25) is 5.75 Å². The van der Waals surface area contributed by atoms with E-state index in [-0.39, 0.29) is 11.8 Å². The molecular weight excluding hydrogens is 156 g/mol. The summed E-state index contributed by atoms with van der Waals surface area (Å²) >= 11 is 0. The molecule has 0 unspecified atom stereocenters. The van der Waals surface area contributed by atoms with E-state index in [2.05, 4.69) is 5.16 Å². The third-order valence-electron chi connectivity index (χ3n) is 1.53.